The summed E-state index contributed by atoms with van der Waals surface area (Å²) in [7, 11) is -1.69. The number of benzene rings is 1. The Morgan fingerprint density at radius 1 is 1.38 bits per heavy atom. The second kappa shape index (κ2) is 6.95. The predicted molar refractivity (Wildman–Crippen MR) is 97.0 cm³/mol. The van der Waals surface area contributed by atoms with Gasteiger partial charge in [-0.05, 0) is 37.1 Å². The smallest absolute Gasteiger partial charge is 0.339 e. The Morgan fingerprint density at radius 2 is 2.15 bits per heavy atom. The van der Waals surface area contributed by atoms with Gasteiger partial charge in [0.25, 0.3) is 0 Å². The first-order chi connectivity index (χ1) is 12.3. The zero-order chi connectivity index (χ0) is 18.9. The van der Waals surface area contributed by atoms with Crippen LogP contribution in [0.25, 0.3) is 11.0 Å². The van der Waals surface area contributed by atoms with E-state index < -0.39 is 21.5 Å². The minimum Gasteiger partial charge on any atom is -0.497 e. The molecule has 1 unspecified atom stereocenters. The van der Waals surface area contributed by atoms with Gasteiger partial charge in [-0.15, -0.1) is 0 Å². The number of rotatable bonds is 5. The molecule has 2 heterocycles. The number of nitrogens with one attached hydrogen (secondary N) is 1. The Kier molecular flexibility index (Phi) is 4.86. The molecule has 8 heteroatoms. The fourth-order valence-electron chi connectivity index (χ4n) is 2.97. The lowest BCUT2D eigenvalue weighted by Crippen LogP contribution is -2.35. The molecule has 7 nitrogen and oxygen atoms in total. The summed E-state index contributed by atoms with van der Waals surface area (Å²) < 4.78 is 33.2. The molecule has 0 spiro atoms. The minimum atomic E-state index is -3.22. The van der Waals surface area contributed by atoms with E-state index >= 15 is 0 Å². The third kappa shape index (κ3) is 3.80. The van der Waals surface area contributed by atoms with Crippen LogP contribution in [0.15, 0.2) is 38.9 Å². The van der Waals surface area contributed by atoms with Gasteiger partial charge in [0.05, 0.1) is 18.9 Å². The molecule has 1 atom stereocenters. The van der Waals surface area contributed by atoms with Crippen molar-refractivity contribution in [1.82, 2.24) is 5.32 Å². The number of carbonyl (C=O) groups excluding carboxylic acids is 1. The van der Waals surface area contributed by atoms with Crippen LogP contribution in [0.4, 0.5) is 0 Å². The summed E-state index contributed by atoms with van der Waals surface area (Å²) in [6.45, 7) is 1.81. The third-order valence-corrected chi connectivity index (χ3v) is 5.77. The SMILES string of the molecule is COc1ccc2c(C)c(CCC(=O)NC3C=CS(=O)(=O)C3)c(=O)oc2c1. The Morgan fingerprint density at radius 3 is 2.81 bits per heavy atom. The topological polar surface area (TPSA) is 103 Å². The van der Waals surface area contributed by atoms with Crippen LogP contribution < -0.4 is 15.7 Å². The number of ether oxygens (including phenoxy) is 1. The molecule has 0 radical (unpaired) electrons. The normalized spacial score (nSPS) is 18.2. The molecule has 2 aromatic rings. The number of hydrogen-bond acceptors (Lipinski definition) is 6. The van der Waals surface area contributed by atoms with Gasteiger partial charge in [-0.25, -0.2) is 13.2 Å². The molecule has 26 heavy (non-hydrogen) atoms. The highest BCUT2D eigenvalue weighted by atomic mass is 32.2. The van der Waals surface area contributed by atoms with Crippen molar-refractivity contribution in [2.45, 2.75) is 25.8 Å². The molecule has 1 aliphatic rings. The van der Waals surface area contributed by atoms with Crippen LogP contribution >= 0.6 is 0 Å². The molecule has 1 amide bonds. The summed E-state index contributed by atoms with van der Waals surface area (Å²) in [6, 6.07) is 4.71. The van der Waals surface area contributed by atoms with E-state index in [1.165, 1.54) is 13.2 Å². The van der Waals surface area contributed by atoms with Crippen molar-refractivity contribution in [3.05, 3.63) is 51.2 Å². The van der Waals surface area contributed by atoms with Crippen LogP contribution in [0.3, 0.4) is 0 Å². The van der Waals surface area contributed by atoms with Crippen molar-refractivity contribution >= 4 is 26.7 Å². The first kappa shape index (κ1) is 18.2. The van der Waals surface area contributed by atoms with Crippen LogP contribution in [0.2, 0.25) is 0 Å². The van der Waals surface area contributed by atoms with Crippen LogP contribution in [0, 0.1) is 6.92 Å². The number of aryl methyl sites for hydroxylation is 1. The van der Waals surface area contributed by atoms with Gasteiger partial charge in [0, 0.05) is 28.8 Å². The van der Waals surface area contributed by atoms with E-state index in [2.05, 4.69) is 5.32 Å². The first-order valence-corrected chi connectivity index (χ1v) is 9.81. The highest BCUT2D eigenvalue weighted by Crippen LogP contribution is 2.24. The van der Waals surface area contributed by atoms with Gasteiger partial charge in [0.1, 0.15) is 11.3 Å². The van der Waals surface area contributed by atoms with Crippen LogP contribution in [-0.2, 0) is 21.1 Å². The molecule has 0 saturated heterocycles. The predicted octanol–water partition coefficient (Wildman–Crippen LogP) is 1.47. The number of carbonyl (C=O) groups is 1. The van der Waals surface area contributed by atoms with Crippen molar-refractivity contribution in [3.8, 4) is 5.75 Å². The number of amides is 1. The molecule has 1 aliphatic heterocycles. The lowest BCUT2D eigenvalue weighted by molar-refractivity contribution is -0.121. The van der Waals surface area contributed by atoms with Gasteiger partial charge in [0.15, 0.2) is 9.84 Å². The number of methoxy groups -OCH3 is 1. The third-order valence-electron chi connectivity index (χ3n) is 4.37. The zero-order valence-electron chi connectivity index (χ0n) is 14.4. The van der Waals surface area contributed by atoms with Gasteiger partial charge < -0.3 is 14.5 Å². The van der Waals surface area contributed by atoms with E-state index in [9.17, 15) is 18.0 Å². The lowest BCUT2D eigenvalue weighted by atomic mass is 10.0. The monoisotopic (exact) mass is 377 g/mol. The molecule has 0 fully saturated rings. The van der Waals surface area contributed by atoms with Crippen LogP contribution in [-0.4, -0.2) is 33.2 Å². The highest BCUT2D eigenvalue weighted by Gasteiger charge is 2.23. The largest absolute Gasteiger partial charge is 0.497 e. The average molecular weight is 377 g/mol. The summed E-state index contributed by atoms with van der Waals surface area (Å²) in [5.41, 5.74) is 1.14. The molecule has 0 saturated carbocycles. The van der Waals surface area contributed by atoms with E-state index in [1.807, 2.05) is 13.0 Å². The Labute approximate surface area is 150 Å². The molecular formula is C18H19NO6S. The molecule has 1 N–H and O–H groups in total. The van der Waals surface area contributed by atoms with Gasteiger partial charge in [-0.2, -0.15) is 0 Å². The number of fused-ring (bicyclic) bond motifs is 1. The van der Waals surface area contributed by atoms with Crippen LogP contribution in [0.1, 0.15) is 17.5 Å². The molecule has 0 bridgehead atoms. The summed E-state index contributed by atoms with van der Waals surface area (Å²) in [6.07, 6.45) is 1.74. The molecule has 138 valence electrons. The maximum absolute atomic E-state index is 12.3. The van der Waals surface area contributed by atoms with Crippen LogP contribution in [0.5, 0.6) is 5.75 Å². The van der Waals surface area contributed by atoms with Gasteiger partial charge >= 0.3 is 5.63 Å². The second-order valence-corrected chi connectivity index (χ2v) is 8.12. The Hall–Kier alpha value is -2.61. The maximum atomic E-state index is 12.3. The van der Waals surface area contributed by atoms with E-state index in [1.54, 1.807) is 12.1 Å². The number of hydrogen-bond donors (Lipinski definition) is 1. The summed E-state index contributed by atoms with van der Waals surface area (Å²) in [4.78, 5) is 24.3. The Balaban J connectivity index is 1.74. The van der Waals surface area contributed by atoms with Crippen molar-refractivity contribution in [1.29, 1.82) is 0 Å². The summed E-state index contributed by atoms with van der Waals surface area (Å²) in [5, 5.41) is 4.53. The lowest BCUT2D eigenvalue weighted by Gasteiger charge is -2.11. The molecular weight excluding hydrogens is 358 g/mol. The molecule has 1 aromatic carbocycles. The van der Waals surface area contributed by atoms with Crippen molar-refractivity contribution in [2.24, 2.45) is 0 Å². The molecule has 0 aliphatic carbocycles. The van der Waals surface area contributed by atoms with Crippen molar-refractivity contribution in [3.63, 3.8) is 0 Å². The first-order valence-electron chi connectivity index (χ1n) is 8.10. The van der Waals surface area contributed by atoms with E-state index in [4.69, 9.17) is 9.15 Å². The maximum Gasteiger partial charge on any atom is 0.339 e. The van der Waals surface area contributed by atoms with Gasteiger partial charge in [-0.1, -0.05) is 0 Å². The van der Waals surface area contributed by atoms with E-state index in [0.29, 0.717) is 16.9 Å². The molecule has 3 rings (SSSR count). The quantitative estimate of drug-likeness (QED) is 0.792. The molecule has 1 aromatic heterocycles. The standard InChI is InChI=1S/C18H19NO6S/c1-11-14-4-3-13(24-2)9-16(14)25-18(21)15(11)5-6-17(20)19-12-7-8-26(22,23)10-12/h3-4,7-9,12H,5-6,10H2,1-2H3,(H,19,20). The van der Waals surface area contributed by atoms with Crippen molar-refractivity contribution in [2.75, 3.05) is 12.9 Å². The van der Waals surface area contributed by atoms with E-state index in [0.717, 1.165) is 16.4 Å². The average Bonchev–Trinajstić information content (AvgIpc) is 2.92. The Bertz CT molecular complexity index is 1050. The highest BCUT2D eigenvalue weighted by molar-refractivity contribution is 7.94. The zero-order valence-corrected chi connectivity index (χ0v) is 15.3. The minimum absolute atomic E-state index is 0.0671. The van der Waals surface area contributed by atoms with Gasteiger partial charge in [-0.3, -0.25) is 4.79 Å². The van der Waals surface area contributed by atoms with Crippen molar-refractivity contribution < 1.29 is 22.4 Å². The fraction of sp³-hybridized carbons (Fsp3) is 0.333. The summed E-state index contributed by atoms with van der Waals surface area (Å²) in [5.74, 6) is 0.148. The second-order valence-electron chi connectivity index (χ2n) is 6.19. The fourth-order valence-corrected chi connectivity index (χ4v) is 4.21. The summed E-state index contributed by atoms with van der Waals surface area (Å²) >= 11 is 0. The number of sulfone groups is 1. The van der Waals surface area contributed by atoms with E-state index in [-0.39, 0.29) is 24.5 Å². The van der Waals surface area contributed by atoms with Gasteiger partial charge in [0.2, 0.25) is 5.91 Å².